The molecule has 0 heterocycles. The minimum atomic E-state index is -0.395. The van der Waals surface area contributed by atoms with Crippen molar-refractivity contribution in [2.75, 3.05) is 0 Å². The molecule has 1 amide bonds. The van der Waals surface area contributed by atoms with Gasteiger partial charge in [0.05, 0.1) is 0 Å². The summed E-state index contributed by atoms with van der Waals surface area (Å²) in [6, 6.07) is 0. The molecule has 3 nitrogen and oxygen atoms in total. The summed E-state index contributed by atoms with van der Waals surface area (Å²) in [6.07, 6.45) is 4.13. The minimum Gasteiger partial charge on any atom is -0.444 e. The average molecular weight is 231 g/mol. The Hall–Kier alpha value is -0.730. The Morgan fingerprint density at radius 2 is 1.75 bits per heavy atom. The first kappa shape index (κ1) is 15.3. The molecular formula is C13H29NO2. The van der Waals surface area contributed by atoms with Crippen molar-refractivity contribution < 1.29 is 11.0 Å². The van der Waals surface area contributed by atoms with Gasteiger partial charge in [-0.15, -0.1) is 0 Å². The smallest absolute Gasteiger partial charge is 0.408 e. The van der Waals surface area contributed by atoms with Gasteiger partial charge in [0.15, 0.2) is 0 Å². The van der Waals surface area contributed by atoms with Crippen LogP contribution in [0.1, 0.15) is 68.7 Å². The van der Waals surface area contributed by atoms with Crippen molar-refractivity contribution in [2.45, 2.75) is 78.4 Å². The lowest BCUT2D eigenvalue weighted by molar-refractivity contribution is 0.0495. The number of hydrogen-bond acceptors (Lipinski definition) is 2. The van der Waals surface area contributed by atoms with Crippen LogP contribution in [-0.2, 0) is 4.74 Å². The van der Waals surface area contributed by atoms with Gasteiger partial charge in [-0.3, -0.25) is 0 Å². The first-order valence-corrected chi connectivity index (χ1v) is 6.29. The summed E-state index contributed by atoms with van der Waals surface area (Å²) in [5.74, 6) is 0. The number of nitrogens with one attached hydrogen (secondary N) is 1. The van der Waals surface area contributed by atoms with Crippen LogP contribution in [0, 0.1) is 0 Å². The molecule has 0 unspecified atom stereocenters. The highest BCUT2D eigenvalue weighted by atomic mass is 16.6. The SMILES string of the molecule is CCC.CCC1(NC(=O)OC(C)(C)C)CC1.[HH]. The number of amides is 1. The number of rotatable bonds is 2. The number of ether oxygens (including phenoxy) is 1. The number of alkyl carbamates (subject to hydrolysis) is 1. The zero-order valence-corrected chi connectivity index (χ0v) is 11.6. The van der Waals surface area contributed by atoms with E-state index in [1.807, 2.05) is 20.8 Å². The second kappa shape index (κ2) is 6.12. The van der Waals surface area contributed by atoms with Crippen LogP contribution in [0.2, 0.25) is 0 Å². The van der Waals surface area contributed by atoms with E-state index in [0.717, 1.165) is 19.3 Å². The maximum absolute atomic E-state index is 11.3. The van der Waals surface area contributed by atoms with E-state index < -0.39 is 5.60 Å². The molecule has 0 aromatic rings. The monoisotopic (exact) mass is 231 g/mol. The second-order valence-electron chi connectivity index (χ2n) is 5.47. The number of hydrogen-bond donors (Lipinski definition) is 1. The number of carbonyl (C=O) groups is 1. The summed E-state index contributed by atoms with van der Waals surface area (Å²) < 4.78 is 5.17. The zero-order valence-electron chi connectivity index (χ0n) is 11.6. The molecule has 0 atom stereocenters. The molecule has 1 fully saturated rings. The van der Waals surface area contributed by atoms with Crippen molar-refractivity contribution in [2.24, 2.45) is 0 Å². The Labute approximate surface area is 101 Å². The molecule has 0 aromatic carbocycles. The van der Waals surface area contributed by atoms with Crippen molar-refractivity contribution in [3.63, 3.8) is 0 Å². The third-order valence-electron chi connectivity index (χ3n) is 2.30. The molecule has 1 saturated carbocycles. The van der Waals surface area contributed by atoms with E-state index in [4.69, 9.17) is 4.74 Å². The van der Waals surface area contributed by atoms with Gasteiger partial charge in [0.25, 0.3) is 0 Å². The highest BCUT2D eigenvalue weighted by Crippen LogP contribution is 2.38. The van der Waals surface area contributed by atoms with E-state index in [2.05, 4.69) is 26.1 Å². The lowest BCUT2D eigenvalue weighted by Gasteiger charge is -2.22. The predicted octanol–water partition coefficient (Wildman–Crippen LogP) is 4.12. The fourth-order valence-corrected chi connectivity index (χ4v) is 1.24. The number of carbonyl (C=O) groups excluding carboxylic acids is 1. The molecular weight excluding hydrogens is 202 g/mol. The molecule has 0 spiro atoms. The molecule has 1 aliphatic rings. The van der Waals surface area contributed by atoms with E-state index in [1.165, 1.54) is 6.42 Å². The molecule has 0 bridgehead atoms. The van der Waals surface area contributed by atoms with Crippen molar-refractivity contribution >= 4 is 6.09 Å². The van der Waals surface area contributed by atoms with Crippen LogP contribution < -0.4 is 5.32 Å². The van der Waals surface area contributed by atoms with Gasteiger partial charge in [-0.05, 0) is 40.0 Å². The first-order chi connectivity index (χ1) is 7.28. The summed E-state index contributed by atoms with van der Waals surface area (Å²) in [7, 11) is 0. The Morgan fingerprint density at radius 3 is 2.00 bits per heavy atom. The van der Waals surface area contributed by atoms with E-state index in [0.29, 0.717) is 0 Å². The summed E-state index contributed by atoms with van der Waals surface area (Å²) in [5.41, 5.74) is -0.337. The van der Waals surface area contributed by atoms with Crippen molar-refractivity contribution in [3.05, 3.63) is 0 Å². The van der Waals surface area contributed by atoms with E-state index in [1.54, 1.807) is 0 Å². The molecule has 1 rings (SSSR count). The third kappa shape index (κ3) is 6.70. The van der Waals surface area contributed by atoms with Gasteiger partial charge in [-0.1, -0.05) is 27.2 Å². The topological polar surface area (TPSA) is 38.3 Å². The predicted molar refractivity (Wildman–Crippen MR) is 69.7 cm³/mol. The van der Waals surface area contributed by atoms with E-state index in [9.17, 15) is 4.79 Å². The highest BCUT2D eigenvalue weighted by Gasteiger charge is 2.42. The maximum atomic E-state index is 11.3. The van der Waals surface area contributed by atoms with Crippen LogP contribution in [-0.4, -0.2) is 17.2 Å². The van der Waals surface area contributed by atoms with Gasteiger partial charge in [0.2, 0.25) is 0 Å². The van der Waals surface area contributed by atoms with Gasteiger partial charge in [-0.2, -0.15) is 0 Å². The minimum absolute atomic E-state index is 0. The Balaban J connectivity index is 0. The van der Waals surface area contributed by atoms with Crippen LogP contribution in [0.3, 0.4) is 0 Å². The second-order valence-corrected chi connectivity index (χ2v) is 5.47. The summed E-state index contributed by atoms with van der Waals surface area (Å²) >= 11 is 0. The largest absolute Gasteiger partial charge is 0.444 e. The van der Waals surface area contributed by atoms with Crippen LogP contribution in [0.5, 0.6) is 0 Å². The van der Waals surface area contributed by atoms with Crippen molar-refractivity contribution in [1.29, 1.82) is 0 Å². The van der Waals surface area contributed by atoms with Crippen LogP contribution in [0.25, 0.3) is 0 Å². The summed E-state index contributed by atoms with van der Waals surface area (Å²) in [4.78, 5) is 11.3. The Bertz CT molecular complexity index is 220. The molecule has 3 heteroatoms. The van der Waals surface area contributed by atoms with Crippen LogP contribution >= 0.6 is 0 Å². The van der Waals surface area contributed by atoms with E-state index >= 15 is 0 Å². The van der Waals surface area contributed by atoms with Crippen molar-refractivity contribution in [1.82, 2.24) is 5.32 Å². The molecule has 0 radical (unpaired) electrons. The molecule has 16 heavy (non-hydrogen) atoms. The fourth-order valence-electron chi connectivity index (χ4n) is 1.24. The lowest BCUT2D eigenvalue weighted by atomic mass is 10.2. The normalized spacial score (nSPS) is 16.9. The standard InChI is InChI=1S/C10H19NO2.C3H8.H2/c1-5-10(6-7-10)11-8(12)13-9(2,3)4;1-3-2;/h5-7H2,1-4H3,(H,11,12);3H2,1-2H3;1H. The summed E-state index contributed by atoms with van der Waals surface area (Å²) in [5, 5.41) is 2.91. The quantitative estimate of drug-likeness (QED) is 0.776. The maximum Gasteiger partial charge on any atom is 0.408 e. The van der Waals surface area contributed by atoms with Gasteiger partial charge < -0.3 is 10.1 Å². The molecule has 0 aromatic heterocycles. The summed E-state index contributed by atoms with van der Waals surface area (Å²) in [6.45, 7) is 12.0. The van der Waals surface area contributed by atoms with E-state index in [-0.39, 0.29) is 13.1 Å². The van der Waals surface area contributed by atoms with Gasteiger partial charge in [0, 0.05) is 6.97 Å². The van der Waals surface area contributed by atoms with Gasteiger partial charge in [-0.25, -0.2) is 4.79 Å². The lowest BCUT2D eigenvalue weighted by Crippen LogP contribution is -2.40. The molecule has 0 aliphatic heterocycles. The molecule has 0 saturated heterocycles. The molecule has 98 valence electrons. The Morgan fingerprint density at radius 1 is 1.31 bits per heavy atom. The average Bonchev–Trinajstić information content (AvgIpc) is 2.83. The Kier molecular flexibility index (Phi) is 5.84. The molecule has 1 N–H and O–H groups in total. The third-order valence-corrected chi connectivity index (χ3v) is 2.30. The highest BCUT2D eigenvalue weighted by molar-refractivity contribution is 5.69. The zero-order chi connectivity index (χ0) is 12.8. The van der Waals surface area contributed by atoms with Gasteiger partial charge >= 0.3 is 6.09 Å². The fraction of sp³-hybridized carbons (Fsp3) is 0.923. The van der Waals surface area contributed by atoms with Crippen molar-refractivity contribution in [3.8, 4) is 0 Å². The van der Waals surface area contributed by atoms with Crippen LogP contribution in [0.4, 0.5) is 4.79 Å². The van der Waals surface area contributed by atoms with Gasteiger partial charge in [0.1, 0.15) is 5.60 Å². The van der Waals surface area contributed by atoms with Crippen LogP contribution in [0.15, 0.2) is 0 Å². The molecule has 1 aliphatic carbocycles. The first-order valence-electron chi connectivity index (χ1n) is 6.29.